The second-order valence-electron chi connectivity index (χ2n) is 6.47. The van der Waals surface area contributed by atoms with E-state index in [4.69, 9.17) is 0 Å². The van der Waals surface area contributed by atoms with Gasteiger partial charge >= 0.3 is 0 Å². The molecule has 0 saturated heterocycles. The van der Waals surface area contributed by atoms with Crippen molar-refractivity contribution in [1.82, 2.24) is 24.1 Å². The number of hydrogen-bond acceptors (Lipinski definition) is 4. The van der Waals surface area contributed by atoms with Crippen molar-refractivity contribution in [2.75, 3.05) is 0 Å². The smallest absolute Gasteiger partial charge is 0.261 e. The van der Waals surface area contributed by atoms with Crippen molar-refractivity contribution in [3.8, 4) is 11.1 Å². The van der Waals surface area contributed by atoms with Gasteiger partial charge in [0.1, 0.15) is 5.82 Å². The summed E-state index contributed by atoms with van der Waals surface area (Å²) >= 11 is 0. The molecule has 0 radical (unpaired) electrons. The van der Waals surface area contributed by atoms with Crippen LogP contribution in [-0.2, 0) is 6.54 Å². The third-order valence-corrected chi connectivity index (χ3v) is 4.70. The standard InChI is InChI=1S/C21H14FN5O/c22-16-5-3-15(4-6-16)17-12-25-27-19-7-9-26(13-14-2-1-8-23-10-14)21(28)18(19)11-24-20(17)27/h1-12H,13H2. The molecular formula is C21H14FN5O. The molecule has 4 aromatic heterocycles. The van der Waals surface area contributed by atoms with Crippen LogP contribution in [0.2, 0.25) is 0 Å². The second-order valence-corrected chi connectivity index (χ2v) is 6.47. The van der Waals surface area contributed by atoms with Gasteiger partial charge in [0.2, 0.25) is 0 Å². The maximum Gasteiger partial charge on any atom is 0.261 e. The summed E-state index contributed by atoms with van der Waals surface area (Å²) in [7, 11) is 0. The van der Waals surface area contributed by atoms with Crippen LogP contribution < -0.4 is 5.56 Å². The van der Waals surface area contributed by atoms with E-state index in [1.807, 2.05) is 18.2 Å². The molecule has 0 fully saturated rings. The van der Waals surface area contributed by atoms with Crippen LogP contribution in [0, 0.1) is 5.82 Å². The largest absolute Gasteiger partial charge is 0.310 e. The Balaban J connectivity index is 1.64. The van der Waals surface area contributed by atoms with E-state index >= 15 is 0 Å². The summed E-state index contributed by atoms with van der Waals surface area (Å²) in [5.74, 6) is -0.298. The molecule has 5 rings (SSSR count). The molecule has 0 N–H and O–H groups in total. The Kier molecular flexibility index (Phi) is 3.72. The van der Waals surface area contributed by atoms with E-state index in [9.17, 15) is 9.18 Å². The zero-order chi connectivity index (χ0) is 19.1. The Morgan fingerprint density at radius 1 is 1.00 bits per heavy atom. The number of rotatable bonds is 3. The number of fused-ring (bicyclic) bond motifs is 3. The fraction of sp³-hybridized carbons (Fsp3) is 0.0476. The Morgan fingerprint density at radius 3 is 2.64 bits per heavy atom. The summed E-state index contributed by atoms with van der Waals surface area (Å²) in [5, 5.41) is 4.88. The summed E-state index contributed by atoms with van der Waals surface area (Å²) in [6.07, 6.45) is 8.43. The van der Waals surface area contributed by atoms with Crippen LogP contribution >= 0.6 is 0 Å². The minimum atomic E-state index is -0.298. The molecule has 0 atom stereocenters. The topological polar surface area (TPSA) is 65.1 Å². The average molecular weight is 371 g/mol. The summed E-state index contributed by atoms with van der Waals surface area (Å²) < 4.78 is 16.5. The molecule has 0 unspecified atom stereocenters. The van der Waals surface area contributed by atoms with Gasteiger partial charge in [-0.15, -0.1) is 0 Å². The van der Waals surface area contributed by atoms with E-state index in [0.717, 1.165) is 16.7 Å². The number of benzene rings is 1. The Labute approximate surface area is 158 Å². The third-order valence-electron chi connectivity index (χ3n) is 4.70. The predicted octanol–water partition coefficient (Wildman–Crippen LogP) is 3.29. The summed E-state index contributed by atoms with van der Waals surface area (Å²) in [6.45, 7) is 0.431. The zero-order valence-electron chi connectivity index (χ0n) is 14.7. The van der Waals surface area contributed by atoms with Crippen molar-refractivity contribution < 1.29 is 4.39 Å². The van der Waals surface area contributed by atoms with E-state index in [1.54, 1.807) is 52.2 Å². The molecule has 0 spiro atoms. The van der Waals surface area contributed by atoms with Crippen LogP contribution in [-0.4, -0.2) is 24.1 Å². The Bertz CT molecular complexity index is 1360. The number of aromatic nitrogens is 5. The lowest BCUT2D eigenvalue weighted by Crippen LogP contribution is -2.21. The first-order chi connectivity index (χ1) is 13.7. The van der Waals surface area contributed by atoms with E-state index in [0.29, 0.717) is 23.1 Å². The molecule has 0 bridgehead atoms. The zero-order valence-corrected chi connectivity index (χ0v) is 14.7. The van der Waals surface area contributed by atoms with Gasteiger partial charge in [-0.3, -0.25) is 9.78 Å². The highest BCUT2D eigenvalue weighted by Crippen LogP contribution is 2.25. The first kappa shape index (κ1) is 16.3. The van der Waals surface area contributed by atoms with Crippen molar-refractivity contribution in [1.29, 1.82) is 0 Å². The lowest BCUT2D eigenvalue weighted by Gasteiger charge is -2.08. The van der Waals surface area contributed by atoms with Crippen molar-refractivity contribution in [2.24, 2.45) is 0 Å². The molecular weight excluding hydrogens is 357 g/mol. The fourth-order valence-corrected chi connectivity index (χ4v) is 3.30. The highest BCUT2D eigenvalue weighted by atomic mass is 19.1. The number of nitrogens with zero attached hydrogens (tertiary/aromatic N) is 5. The van der Waals surface area contributed by atoms with Gasteiger partial charge < -0.3 is 4.57 Å². The predicted molar refractivity (Wildman–Crippen MR) is 103 cm³/mol. The number of halogens is 1. The van der Waals surface area contributed by atoms with Crippen LogP contribution in [0.25, 0.3) is 27.7 Å². The molecule has 0 aliphatic carbocycles. The highest BCUT2D eigenvalue weighted by Gasteiger charge is 2.13. The van der Waals surface area contributed by atoms with Crippen LogP contribution in [0.15, 0.2) is 78.2 Å². The van der Waals surface area contributed by atoms with Crippen molar-refractivity contribution >= 4 is 16.6 Å². The van der Waals surface area contributed by atoms with Crippen LogP contribution in [0.1, 0.15) is 5.56 Å². The summed E-state index contributed by atoms with van der Waals surface area (Å²) in [5.41, 5.74) is 3.68. The van der Waals surface area contributed by atoms with Gasteiger partial charge in [0.25, 0.3) is 5.56 Å². The quantitative estimate of drug-likeness (QED) is 0.488. The maximum absolute atomic E-state index is 13.2. The summed E-state index contributed by atoms with van der Waals surface area (Å²) in [4.78, 5) is 21.5. The van der Waals surface area contributed by atoms with Gasteiger partial charge in [-0.2, -0.15) is 5.10 Å². The molecule has 6 nitrogen and oxygen atoms in total. The minimum Gasteiger partial charge on any atom is -0.310 e. The van der Waals surface area contributed by atoms with E-state index < -0.39 is 0 Å². The molecule has 7 heteroatoms. The molecule has 4 heterocycles. The SMILES string of the molecule is O=c1c2cnc3c(-c4ccc(F)cc4)cnn3c2ccn1Cc1cccnc1. The molecule has 0 aliphatic heterocycles. The average Bonchev–Trinajstić information content (AvgIpc) is 3.16. The number of pyridine rings is 2. The lowest BCUT2D eigenvalue weighted by atomic mass is 10.1. The summed E-state index contributed by atoms with van der Waals surface area (Å²) in [6, 6.07) is 11.8. The fourth-order valence-electron chi connectivity index (χ4n) is 3.30. The highest BCUT2D eigenvalue weighted by molar-refractivity contribution is 5.84. The van der Waals surface area contributed by atoms with Gasteiger partial charge in [0.15, 0.2) is 5.65 Å². The van der Waals surface area contributed by atoms with Crippen molar-refractivity contribution in [2.45, 2.75) is 6.54 Å². The van der Waals surface area contributed by atoms with Crippen LogP contribution in [0.4, 0.5) is 4.39 Å². The monoisotopic (exact) mass is 371 g/mol. The molecule has 0 saturated carbocycles. The van der Waals surface area contributed by atoms with Gasteiger partial charge in [-0.25, -0.2) is 13.9 Å². The molecule has 136 valence electrons. The van der Waals surface area contributed by atoms with Crippen LogP contribution in [0.3, 0.4) is 0 Å². The normalized spacial score (nSPS) is 11.3. The molecule has 28 heavy (non-hydrogen) atoms. The van der Waals surface area contributed by atoms with Crippen molar-refractivity contribution in [3.05, 3.63) is 95.2 Å². The first-order valence-corrected chi connectivity index (χ1v) is 8.71. The van der Waals surface area contributed by atoms with Gasteiger partial charge in [-0.1, -0.05) is 18.2 Å². The lowest BCUT2D eigenvalue weighted by molar-refractivity contribution is 0.628. The van der Waals surface area contributed by atoms with Crippen LogP contribution in [0.5, 0.6) is 0 Å². The van der Waals surface area contributed by atoms with E-state index in [1.165, 1.54) is 12.1 Å². The van der Waals surface area contributed by atoms with Gasteiger partial charge in [0, 0.05) is 30.4 Å². The third kappa shape index (κ3) is 2.64. The molecule has 1 aromatic carbocycles. The van der Waals surface area contributed by atoms with E-state index in [-0.39, 0.29) is 11.4 Å². The Morgan fingerprint density at radius 2 is 1.86 bits per heavy atom. The molecule has 0 amide bonds. The number of hydrogen-bond donors (Lipinski definition) is 0. The van der Waals surface area contributed by atoms with Gasteiger partial charge in [-0.05, 0) is 35.4 Å². The minimum absolute atomic E-state index is 0.144. The first-order valence-electron chi connectivity index (χ1n) is 8.71. The Hall–Kier alpha value is -3.87. The molecule has 0 aliphatic rings. The van der Waals surface area contributed by atoms with E-state index in [2.05, 4.69) is 15.1 Å². The second kappa shape index (κ2) is 6.38. The van der Waals surface area contributed by atoms with Gasteiger partial charge in [0.05, 0.1) is 23.6 Å². The molecule has 5 aromatic rings. The maximum atomic E-state index is 13.2. The van der Waals surface area contributed by atoms with Crippen molar-refractivity contribution in [3.63, 3.8) is 0 Å².